The number of carbonyl (C=O) groups is 1. The molecule has 1 unspecified atom stereocenters. The maximum Gasteiger partial charge on any atom is 0.311 e. The highest BCUT2D eigenvalue weighted by atomic mass is 16.4. The Kier molecular flexibility index (Phi) is 7.71. The number of aliphatic imine (C=N–C) groups is 1. The smallest absolute Gasteiger partial charge is 0.311 e. The number of anilines is 1. The number of nitrogens with two attached hydrogens (primary N) is 2. The molecule has 1 fully saturated rings. The van der Waals surface area contributed by atoms with Gasteiger partial charge in [0.15, 0.2) is 0 Å². The van der Waals surface area contributed by atoms with Crippen LogP contribution in [0.25, 0.3) is 0 Å². The van der Waals surface area contributed by atoms with E-state index in [9.17, 15) is 9.90 Å². The van der Waals surface area contributed by atoms with Crippen LogP contribution in [-0.4, -0.2) is 41.6 Å². The van der Waals surface area contributed by atoms with E-state index in [0.29, 0.717) is 37.6 Å². The van der Waals surface area contributed by atoms with Crippen LogP contribution >= 0.6 is 0 Å². The molecule has 1 saturated heterocycles. The van der Waals surface area contributed by atoms with Crippen LogP contribution < -0.4 is 16.9 Å². The summed E-state index contributed by atoms with van der Waals surface area (Å²) in [5.74, 6) is -0.0242. The van der Waals surface area contributed by atoms with E-state index >= 15 is 0 Å². The van der Waals surface area contributed by atoms with Gasteiger partial charge in [0.05, 0.1) is 11.1 Å². The van der Waals surface area contributed by atoms with Crippen LogP contribution in [0.4, 0.5) is 5.69 Å². The standard InChI is InChI=1S/C25H32N6O2/c1-3-19-14-20(10-11-21(19)30-28-2)23(27)29-22(16-26)31-13-7-12-25(17-31,24(32)33)15-18-8-5-4-6-9-18/h4-6,8-11,14,16,30H,2-3,7,12-13,15,17,26H2,1H3,(H2,27,29)(H,32,33)/b22-16+. The zero-order valence-corrected chi connectivity index (χ0v) is 19.0. The molecule has 1 aliphatic heterocycles. The van der Waals surface area contributed by atoms with Crippen LogP contribution in [0.2, 0.25) is 0 Å². The molecular weight excluding hydrogens is 416 g/mol. The molecule has 8 nitrogen and oxygen atoms in total. The van der Waals surface area contributed by atoms with Crippen molar-refractivity contribution in [3.05, 3.63) is 77.2 Å². The van der Waals surface area contributed by atoms with Gasteiger partial charge in [0.25, 0.3) is 0 Å². The van der Waals surface area contributed by atoms with Gasteiger partial charge in [-0.25, -0.2) is 4.99 Å². The molecule has 3 rings (SSSR count). The topological polar surface area (TPSA) is 129 Å². The van der Waals surface area contributed by atoms with Crippen LogP contribution in [0.1, 0.15) is 36.5 Å². The van der Waals surface area contributed by atoms with Crippen molar-refractivity contribution < 1.29 is 9.90 Å². The van der Waals surface area contributed by atoms with Crippen molar-refractivity contribution in [2.45, 2.75) is 32.6 Å². The summed E-state index contributed by atoms with van der Waals surface area (Å²) in [4.78, 5) is 18.9. The minimum absolute atomic E-state index is 0.311. The van der Waals surface area contributed by atoms with Crippen molar-refractivity contribution in [3.8, 4) is 0 Å². The molecular formula is C25H32N6O2. The van der Waals surface area contributed by atoms with Gasteiger partial charge in [-0.15, -0.1) is 0 Å². The van der Waals surface area contributed by atoms with E-state index in [1.807, 2.05) is 60.4 Å². The van der Waals surface area contributed by atoms with E-state index in [2.05, 4.69) is 22.2 Å². The molecule has 2 aromatic rings. The molecule has 1 aliphatic rings. The second-order valence-corrected chi connectivity index (χ2v) is 8.29. The average Bonchev–Trinajstić information content (AvgIpc) is 2.83. The van der Waals surface area contributed by atoms with Crippen molar-refractivity contribution in [1.29, 1.82) is 0 Å². The summed E-state index contributed by atoms with van der Waals surface area (Å²) < 4.78 is 0. The first-order valence-corrected chi connectivity index (χ1v) is 11.1. The predicted molar refractivity (Wildman–Crippen MR) is 133 cm³/mol. The normalized spacial score (nSPS) is 19.2. The molecule has 33 heavy (non-hydrogen) atoms. The molecule has 1 atom stereocenters. The molecule has 2 aromatic carbocycles. The fourth-order valence-electron chi connectivity index (χ4n) is 4.35. The number of aryl methyl sites for hydroxylation is 1. The number of hydrazone groups is 1. The van der Waals surface area contributed by atoms with Crippen molar-refractivity contribution in [1.82, 2.24) is 4.90 Å². The number of benzene rings is 2. The number of likely N-dealkylation sites (tertiary alicyclic amines) is 1. The summed E-state index contributed by atoms with van der Waals surface area (Å²) in [6, 6.07) is 15.4. The minimum atomic E-state index is -0.918. The Hall–Kier alpha value is -3.81. The van der Waals surface area contributed by atoms with E-state index in [4.69, 9.17) is 11.5 Å². The van der Waals surface area contributed by atoms with Crippen LogP contribution in [0.3, 0.4) is 0 Å². The van der Waals surface area contributed by atoms with Gasteiger partial charge < -0.3 is 21.5 Å². The van der Waals surface area contributed by atoms with E-state index in [0.717, 1.165) is 35.2 Å². The molecule has 0 radical (unpaired) electrons. The fraction of sp³-hybridized carbons (Fsp3) is 0.320. The third-order valence-corrected chi connectivity index (χ3v) is 6.11. The van der Waals surface area contributed by atoms with Gasteiger partial charge in [-0.1, -0.05) is 37.3 Å². The molecule has 0 spiro atoms. The van der Waals surface area contributed by atoms with Crippen LogP contribution in [-0.2, 0) is 17.6 Å². The van der Waals surface area contributed by atoms with E-state index < -0.39 is 11.4 Å². The number of amidine groups is 1. The van der Waals surface area contributed by atoms with Crippen molar-refractivity contribution in [2.24, 2.45) is 27.0 Å². The maximum absolute atomic E-state index is 12.4. The minimum Gasteiger partial charge on any atom is -0.481 e. The Morgan fingerprint density at radius 1 is 1.30 bits per heavy atom. The summed E-state index contributed by atoms with van der Waals surface area (Å²) in [5.41, 5.74) is 17.9. The third-order valence-electron chi connectivity index (χ3n) is 6.11. The Morgan fingerprint density at radius 3 is 2.70 bits per heavy atom. The zero-order valence-electron chi connectivity index (χ0n) is 19.0. The van der Waals surface area contributed by atoms with Crippen molar-refractivity contribution >= 4 is 24.2 Å². The maximum atomic E-state index is 12.4. The quantitative estimate of drug-likeness (QED) is 0.265. The number of hydrogen-bond donors (Lipinski definition) is 4. The summed E-state index contributed by atoms with van der Waals surface area (Å²) in [6.07, 6.45) is 3.94. The highest BCUT2D eigenvalue weighted by Gasteiger charge is 2.43. The summed E-state index contributed by atoms with van der Waals surface area (Å²) in [5, 5.41) is 13.9. The number of nitrogens with zero attached hydrogens (tertiary/aromatic N) is 3. The van der Waals surface area contributed by atoms with Crippen molar-refractivity contribution in [3.63, 3.8) is 0 Å². The van der Waals surface area contributed by atoms with Crippen molar-refractivity contribution in [2.75, 3.05) is 18.5 Å². The van der Waals surface area contributed by atoms with Gasteiger partial charge in [-0.05, 0) is 55.0 Å². The van der Waals surface area contributed by atoms with Gasteiger partial charge in [-0.3, -0.25) is 10.2 Å². The van der Waals surface area contributed by atoms with Gasteiger partial charge in [0.1, 0.15) is 11.7 Å². The SMILES string of the molecule is C=NNc1ccc(/C(N)=N/C(=C\N)N2CCCC(Cc3ccccc3)(C(=O)O)C2)cc1CC. The lowest BCUT2D eigenvalue weighted by Gasteiger charge is -2.41. The number of aliphatic carboxylic acids is 1. The number of carboxylic acid groups (broad SMARTS) is 1. The van der Waals surface area contributed by atoms with Crippen LogP contribution in [0.5, 0.6) is 0 Å². The lowest BCUT2D eigenvalue weighted by molar-refractivity contribution is -0.152. The monoisotopic (exact) mass is 448 g/mol. The summed E-state index contributed by atoms with van der Waals surface area (Å²) in [7, 11) is 0. The molecule has 0 amide bonds. The Morgan fingerprint density at radius 2 is 2.06 bits per heavy atom. The summed E-state index contributed by atoms with van der Waals surface area (Å²) >= 11 is 0. The molecule has 8 heteroatoms. The molecule has 0 aromatic heterocycles. The third kappa shape index (κ3) is 5.52. The van der Waals surface area contributed by atoms with E-state index in [1.54, 1.807) is 0 Å². The Balaban J connectivity index is 1.85. The fourth-order valence-corrected chi connectivity index (χ4v) is 4.35. The lowest BCUT2D eigenvalue weighted by Crippen LogP contribution is -2.48. The molecule has 174 valence electrons. The molecule has 0 bridgehead atoms. The first-order valence-electron chi connectivity index (χ1n) is 11.1. The number of carboxylic acids is 1. The van der Waals surface area contributed by atoms with E-state index in [-0.39, 0.29) is 0 Å². The van der Waals surface area contributed by atoms with Crippen LogP contribution in [0, 0.1) is 5.41 Å². The number of piperidine rings is 1. The number of hydrogen-bond acceptors (Lipinski definition) is 6. The van der Waals surface area contributed by atoms with E-state index in [1.165, 1.54) is 6.20 Å². The highest BCUT2D eigenvalue weighted by molar-refractivity contribution is 5.98. The van der Waals surface area contributed by atoms with Gasteiger partial charge in [-0.2, -0.15) is 5.10 Å². The largest absolute Gasteiger partial charge is 0.481 e. The first kappa shape index (κ1) is 23.8. The molecule has 0 saturated carbocycles. The zero-order chi connectivity index (χ0) is 23.8. The Labute approximate surface area is 194 Å². The van der Waals surface area contributed by atoms with Gasteiger partial charge in [0, 0.05) is 31.6 Å². The second-order valence-electron chi connectivity index (χ2n) is 8.29. The Bertz CT molecular complexity index is 1050. The predicted octanol–water partition coefficient (Wildman–Crippen LogP) is 3.15. The number of rotatable bonds is 9. The summed E-state index contributed by atoms with van der Waals surface area (Å²) in [6.45, 7) is 6.48. The highest BCUT2D eigenvalue weighted by Crippen LogP contribution is 2.36. The molecule has 1 heterocycles. The molecule has 6 N–H and O–H groups in total. The first-order chi connectivity index (χ1) is 15.9. The van der Waals surface area contributed by atoms with Gasteiger partial charge in [0.2, 0.25) is 0 Å². The average molecular weight is 449 g/mol. The molecule has 0 aliphatic carbocycles. The van der Waals surface area contributed by atoms with Crippen LogP contribution in [0.15, 0.2) is 70.6 Å². The second kappa shape index (κ2) is 10.7. The lowest BCUT2D eigenvalue weighted by atomic mass is 9.75. The van der Waals surface area contributed by atoms with Gasteiger partial charge >= 0.3 is 5.97 Å². The number of nitrogens with one attached hydrogen (secondary N) is 1.